The molecule has 1 aliphatic rings. The Kier molecular flexibility index (Phi) is 5.45. The Morgan fingerprint density at radius 3 is 2.79 bits per heavy atom. The summed E-state index contributed by atoms with van der Waals surface area (Å²) in [4.78, 5) is 2.26. The van der Waals surface area contributed by atoms with Crippen LogP contribution in [-0.2, 0) is 13.0 Å². The predicted octanol–water partition coefficient (Wildman–Crippen LogP) is 2.56. The Hall–Kier alpha value is -1.95. The largest absolute Gasteiger partial charge is 0.457 e. The van der Waals surface area contributed by atoms with Crippen LogP contribution in [0.5, 0.6) is 11.5 Å². The maximum absolute atomic E-state index is 13.0. The molecule has 0 fully saturated rings. The van der Waals surface area contributed by atoms with E-state index in [-0.39, 0.29) is 11.9 Å². The summed E-state index contributed by atoms with van der Waals surface area (Å²) in [5.41, 5.74) is 2.42. The van der Waals surface area contributed by atoms with Crippen molar-refractivity contribution >= 4 is 0 Å². The summed E-state index contributed by atoms with van der Waals surface area (Å²) in [5.74, 6) is 1.19. The highest BCUT2D eigenvalue weighted by Gasteiger charge is 2.21. The van der Waals surface area contributed by atoms with Gasteiger partial charge in [-0.2, -0.15) is 0 Å². The first-order valence-electron chi connectivity index (χ1n) is 8.25. The maximum atomic E-state index is 13.0. The van der Waals surface area contributed by atoms with E-state index in [1.807, 2.05) is 19.2 Å². The van der Waals surface area contributed by atoms with E-state index in [2.05, 4.69) is 16.3 Å². The summed E-state index contributed by atoms with van der Waals surface area (Å²) in [6, 6.07) is 12.1. The van der Waals surface area contributed by atoms with E-state index >= 15 is 0 Å². The quantitative estimate of drug-likeness (QED) is 0.854. The number of nitrogens with one attached hydrogen (secondary N) is 1. The van der Waals surface area contributed by atoms with Crippen LogP contribution in [0.4, 0.5) is 4.39 Å². The van der Waals surface area contributed by atoms with Crippen LogP contribution in [0.2, 0.25) is 0 Å². The zero-order valence-corrected chi connectivity index (χ0v) is 13.8. The van der Waals surface area contributed by atoms with Gasteiger partial charge < -0.3 is 15.2 Å². The molecule has 0 saturated heterocycles. The van der Waals surface area contributed by atoms with E-state index in [1.54, 1.807) is 12.1 Å². The first-order valence-corrected chi connectivity index (χ1v) is 8.25. The zero-order chi connectivity index (χ0) is 16.9. The Bertz CT molecular complexity index is 676. The van der Waals surface area contributed by atoms with Crippen molar-refractivity contribution < 1.29 is 14.2 Å². The van der Waals surface area contributed by atoms with E-state index in [4.69, 9.17) is 4.74 Å². The third kappa shape index (κ3) is 4.12. The Morgan fingerprint density at radius 1 is 1.25 bits per heavy atom. The second kappa shape index (κ2) is 7.75. The van der Waals surface area contributed by atoms with Crippen molar-refractivity contribution in [3.8, 4) is 11.5 Å². The second-order valence-electron chi connectivity index (χ2n) is 6.15. The lowest BCUT2D eigenvalue weighted by Gasteiger charge is -2.31. The molecule has 3 rings (SSSR count). The van der Waals surface area contributed by atoms with Crippen molar-refractivity contribution in [2.24, 2.45) is 0 Å². The molecule has 0 aromatic heterocycles. The highest BCUT2D eigenvalue weighted by molar-refractivity contribution is 5.44. The average Bonchev–Trinajstić information content (AvgIpc) is 2.57. The number of fused-ring (bicyclic) bond motifs is 1. The van der Waals surface area contributed by atoms with Gasteiger partial charge in [0.15, 0.2) is 0 Å². The van der Waals surface area contributed by atoms with E-state index in [1.165, 1.54) is 23.3 Å². The number of aliphatic hydroxyl groups is 1. The number of ether oxygens (including phenoxy) is 1. The van der Waals surface area contributed by atoms with E-state index in [9.17, 15) is 9.50 Å². The summed E-state index contributed by atoms with van der Waals surface area (Å²) in [6.45, 7) is 2.94. The lowest BCUT2D eigenvalue weighted by molar-refractivity contribution is 0.106. The molecule has 0 aliphatic carbocycles. The number of nitrogens with zero attached hydrogens (tertiary/aromatic N) is 1. The fourth-order valence-corrected chi connectivity index (χ4v) is 3.11. The standard InChI is InChI=1S/C19H23FN2O2/c1-21-11-16(23)13-22-10-9-18-14(12-22)3-2-4-19(18)24-17-7-5-15(20)6-8-17/h2-8,16,21,23H,9-13H2,1H3. The fraction of sp³-hybridized carbons (Fsp3) is 0.368. The molecule has 1 unspecified atom stereocenters. The predicted molar refractivity (Wildman–Crippen MR) is 91.8 cm³/mol. The molecule has 0 radical (unpaired) electrons. The van der Waals surface area contributed by atoms with Gasteiger partial charge >= 0.3 is 0 Å². The van der Waals surface area contributed by atoms with Crippen molar-refractivity contribution in [1.29, 1.82) is 0 Å². The van der Waals surface area contributed by atoms with E-state index < -0.39 is 0 Å². The Labute approximate surface area is 141 Å². The number of likely N-dealkylation sites (N-methyl/N-ethyl adjacent to an activating group) is 1. The fourth-order valence-electron chi connectivity index (χ4n) is 3.11. The topological polar surface area (TPSA) is 44.7 Å². The van der Waals surface area contributed by atoms with Gasteiger partial charge in [0, 0.05) is 31.7 Å². The number of hydrogen-bond acceptors (Lipinski definition) is 4. The number of halogens is 1. The van der Waals surface area contributed by atoms with Crippen LogP contribution in [0.1, 0.15) is 11.1 Å². The summed E-state index contributed by atoms with van der Waals surface area (Å²) < 4.78 is 19.0. The lowest BCUT2D eigenvalue weighted by atomic mass is 9.98. The highest BCUT2D eigenvalue weighted by atomic mass is 19.1. The number of rotatable bonds is 6. The minimum absolute atomic E-state index is 0.270. The molecule has 0 spiro atoms. The monoisotopic (exact) mass is 330 g/mol. The molecule has 2 aromatic carbocycles. The summed E-state index contributed by atoms with van der Waals surface area (Å²) in [6.07, 6.45) is 0.508. The van der Waals surface area contributed by atoms with Gasteiger partial charge in [0.25, 0.3) is 0 Å². The molecule has 2 N–H and O–H groups in total. The van der Waals surface area contributed by atoms with Crippen molar-refractivity contribution in [1.82, 2.24) is 10.2 Å². The van der Waals surface area contributed by atoms with Crippen LogP contribution < -0.4 is 10.1 Å². The van der Waals surface area contributed by atoms with Crippen LogP contribution in [0.25, 0.3) is 0 Å². The molecule has 128 valence electrons. The molecule has 0 saturated carbocycles. The summed E-state index contributed by atoms with van der Waals surface area (Å²) in [7, 11) is 1.84. The number of benzene rings is 2. The lowest BCUT2D eigenvalue weighted by Crippen LogP contribution is -2.40. The number of β-amino-alcohol motifs (C(OH)–C–C–N with tert-alkyl or cyclic N) is 1. The third-order valence-corrected chi connectivity index (χ3v) is 4.25. The highest BCUT2D eigenvalue weighted by Crippen LogP contribution is 2.31. The number of aliphatic hydroxyl groups excluding tert-OH is 1. The molecule has 5 heteroatoms. The molecular formula is C19H23FN2O2. The Balaban J connectivity index is 1.71. The van der Waals surface area contributed by atoms with Gasteiger partial charge in [0.2, 0.25) is 0 Å². The maximum Gasteiger partial charge on any atom is 0.130 e. The average molecular weight is 330 g/mol. The minimum Gasteiger partial charge on any atom is -0.457 e. The van der Waals surface area contributed by atoms with E-state index in [0.717, 1.165) is 25.3 Å². The van der Waals surface area contributed by atoms with Gasteiger partial charge in [-0.15, -0.1) is 0 Å². The molecule has 1 aliphatic heterocycles. The van der Waals surface area contributed by atoms with Crippen molar-refractivity contribution in [2.75, 3.05) is 26.7 Å². The SMILES string of the molecule is CNCC(O)CN1CCc2c(cccc2Oc2ccc(F)cc2)C1. The van der Waals surface area contributed by atoms with E-state index in [0.29, 0.717) is 18.8 Å². The first-order chi connectivity index (χ1) is 11.7. The zero-order valence-electron chi connectivity index (χ0n) is 13.8. The van der Waals surface area contributed by atoms with Crippen molar-refractivity contribution in [3.63, 3.8) is 0 Å². The number of hydrogen-bond donors (Lipinski definition) is 2. The van der Waals surface area contributed by atoms with Gasteiger partial charge in [-0.05, 0) is 49.4 Å². The van der Waals surface area contributed by atoms with Crippen LogP contribution in [0.15, 0.2) is 42.5 Å². The Morgan fingerprint density at radius 2 is 2.04 bits per heavy atom. The minimum atomic E-state index is -0.366. The van der Waals surface area contributed by atoms with Crippen LogP contribution in [-0.4, -0.2) is 42.8 Å². The molecule has 24 heavy (non-hydrogen) atoms. The first kappa shape index (κ1) is 16.9. The van der Waals surface area contributed by atoms with Crippen molar-refractivity contribution in [3.05, 3.63) is 59.4 Å². The molecule has 1 atom stereocenters. The summed E-state index contributed by atoms with van der Waals surface area (Å²) in [5, 5.41) is 13.0. The molecular weight excluding hydrogens is 307 g/mol. The van der Waals surface area contributed by atoms with Crippen molar-refractivity contribution in [2.45, 2.75) is 19.1 Å². The van der Waals surface area contributed by atoms with Crippen LogP contribution in [0.3, 0.4) is 0 Å². The van der Waals surface area contributed by atoms with Gasteiger partial charge in [-0.25, -0.2) is 4.39 Å². The van der Waals surface area contributed by atoms with Gasteiger partial charge in [0.1, 0.15) is 17.3 Å². The molecule has 4 nitrogen and oxygen atoms in total. The second-order valence-corrected chi connectivity index (χ2v) is 6.15. The van der Waals surface area contributed by atoms with Crippen LogP contribution in [0, 0.1) is 5.82 Å². The molecule has 2 aromatic rings. The normalized spacial score (nSPS) is 15.8. The third-order valence-electron chi connectivity index (χ3n) is 4.25. The molecule has 0 amide bonds. The van der Waals surface area contributed by atoms with Gasteiger partial charge in [-0.1, -0.05) is 12.1 Å². The molecule has 0 bridgehead atoms. The smallest absolute Gasteiger partial charge is 0.130 e. The van der Waals surface area contributed by atoms with Crippen LogP contribution >= 0.6 is 0 Å². The summed E-state index contributed by atoms with van der Waals surface area (Å²) >= 11 is 0. The molecule has 1 heterocycles. The van der Waals surface area contributed by atoms with Gasteiger partial charge in [-0.3, -0.25) is 4.90 Å². The van der Waals surface area contributed by atoms with Gasteiger partial charge in [0.05, 0.1) is 6.10 Å².